The van der Waals surface area contributed by atoms with Crippen molar-refractivity contribution in [3.8, 4) is 0 Å². The quantitative estimate of drug-likeness (QED) is 0.828. The Bertz CT molecular complexity index is 327. The molecule has 2 nitrogen and oxygen atoms in total. The lowest BCUT2D eigenvalue weighted by atomic mass is 9.86. The first kappa shape index (κ1) is 10.7. The minimum Gasteiger partial charge on any atom is -0.366 e. The summed E-state index contributed by atoms with van der Waals surface area (Å²) in [5, 5.41) is 4.17. The van der Waals surface area contributed by atoms with Crippen molar-refractivity contribution in [3.63, 3.8) is 0 Å². The number of aromatic nitrogens is 1. The molecule has 0 radical (unpaired) electrons. The summed E-state index contributed by atoms with van der Waals surface area (Å²) in [6.07, 6.45) is 6.99. The first-order valence-corrected chi connectivity index (χ1v) is 6.02. The molecule has 3 heteroatoms. The number of anilines is 1. The monoisotopic (exact) mass is 224 g/mol. The van der Waals surface area contributed by atoms with E-state index in [9.17, 15) is 0 Å². The number of hydrogen-bond donors (Lipinski definition) is 1. The fourth-order valence-electron chi connectivity index (χ4n) is 2.20. The van der Waals surface area contributed by atoms with Crippen LogP contribution in [-0.2, 0) is 0 Å². The number of pyridine rings is 1. The summed E-state index contributed by atoms with van der Waals surface area (Å²) in [7, 11) is 0. The molecule has 1 heterocycles. The molecule has 2 rings (SSSR count). The first-order valence-electron chi connectivity index (χ1n) is 5.64. The van der Waals surface area contributed by atoms with E-state index in [2.05, 4.69) is 17.2 Å². The van der Waals surface area contributed by atoms with Crippen LogP contribution < -0.4 is 5.32 Å². The van der Waals surface area contributed by atoms with Crippen LogP contribution >= 0.6 is 11.6 Å². The van der Waals surface area contributed by atoms with Gasteiger partial charge in [-0.25, -0.2) is 4.98 Å². The zero-order chi connectivity index (χ0) is 10.7. The number of halogens is 1. The van der Waals surface area contributed by atoms with Gasteiger partial charge in [0, 0.05) is 12.2 Å². The zero-order valence-electron chi connectivity index (χ0n) is 9.04. The fourth-order valence-corrected chi connectivity index (χ4v) is 2.37. The van der Waals surface area contributed by atoms with Gasteiger partial charge in [-0.15, -0.1) is 0 Å². The highest BCUT2D eigenvalue weighted by Gasteiger charge is 2.21. The van der Waals surface area contributed by atoms with Crippen molar-refractivity contribution in [1.29, 1.82) is 0 Å². The third-order valence-corrected chi connectivity index (χ3v) is 3.50. The Morgan fingerprint density at radius 3 is 2.93 bits per heavy atom. The maximum Gasteiger partial charge on any atom is 0.144 e. The Labute approximate surface area is 96.1 Å². The molecular formula is C12H17ClN2. The molecule has 0 aliphatic heterocycles. The van der Waals surface area contributed by atoms with E-state index in [-0.39, 0.29) is 0 Å². The summed E-state index contributed by atoms with van der Waals surface area (Å²) in [5.41, 5.74) is 0. The van der Waals surface area contributed by atoms with Crippen molar-refractivity contribution in [2.45, 2.75) is 38.6 Å². The van der Waals surface area contributed by atoms with Crippen LogP contribution in [0.1, 0.15) is 32.6 Å². The number of rotatable bonds is 2. The van der Waals surface area contributed by atoms with Gasteiger partial charge in [-0.05, 0) is 30.9 Å². The van der Waals surface area contributed by atoms with Crippen LogP contribution in [0.3, 0.4) is 0 Å². The van der Waals surface area contributed by atoms with Crippen molar-refractivity contribution in [2.75, 3.05) is 5.32 Å². The Kier molecular flexibility index (Phi) is 3.47. The van der Waals surface area contributed by atoms with Gasteiger partial charge >= 0.3 is 0 Å². The zero-order valence-corrected chi connectivity index (χ0v) is 9.80. The molecule has 1 aliphatic carbocycles. The molecule has 1 aliphatic rings. The summed E-state index contributed by atoms with van der Waals surface area (Å²) in [6.45, 7) is 2.30. The lowest BCUT2D eigenvalue weighted by molar-refractivity contribution is 0.349. The Morgan fingerprint density at radius 1 is 1.40 bits per heavy atom. The van der Waals surface area contributed by atoms with E-state index < -0.39 is 0 Å². The average Bonchev–Trinajstić information content (AvgIpc) is 2.24. The SMILES string of the molecule is CC1CCCCC1Nc1ncccc1Cl. The van der Waals surface area contributed by atoms with E-state index in [0.29, 0.717) is 6.04 Å². The molecule has 1 N–H and O–H groups in total. The van der Waals surface area contributed by atoms with Crippen LogP contribution in [0.5, 0.6) is 0 Å². The highest BCUT2D eigenvalue weighted by Crippen LogP contribution is 2.28. The van der Waals surface area contributed by atoms with Gasteiger partial charge in [0.2, 0.25) is 0 Å². The average molecular weight is 225 g/mol. The maximum absolute atomic E-state index is 6.07. The summed E-state index contributed by atoms with van der Waals surface area (Å²) in [5.74, 6) is 1.55. The van der Waals surface area contributed by atoms with Gasteiger partial charge in [-0.2, -0.15) is 0 Å². The van der Waals surface area contributed by atoms with Crippen LogP contribution in [0, 0.1) is 5.92 Å². The number of nitrogens with zero attached hydrogens (tertiary/aromatic N) is 1. The molecular weight excluding hydrogens is 208 g/mol. The summed E-state index contributed by atoms with van der Waals surface area (Å²) >= 11 is 6.07. The second-order valence-corrected chi connectivity index (χ2v) is 4.75. The molecule has 15 heavy (non-hydrogen) atoms. The smallest absolute Gasteiger partial charge is 0.144 e. The Morgan fingerprint density at radius 2 is 2.20 bits per heavy atom. The van der Waals surface area contributed by atoms with E-state index in [1.54, 1.807) is 6.20 Å². The standard InChI is InChI=1S/C12H17ClN2/c1-9-5-2-3-7-11(9)15-12-10(13)6-4-8-14-12/h4,6,8-9,11H,2-3,5,7H2,1H3,(H,14,15). The molecule has 0 amide bonds. The number of hydrogen-bond acceptors (Lipinski definition) is 2. The van der Waals surface area contributed by atoms with Crippen molar-refractivity contribution in [3.05, 3.63) is 23.4 Å². The molecule has 2 atom stereocenters. The minimum atomic E-state index is 0.533. The highest BCUT2D eigenvalue weighted by molar-refractivity contribution is 6.32. The van der Waals surface area contributed by atoms with Crippen LogP contribution in [0.4, 0.5) is 5.82 Å². The summed E-state index contributed by atoms with van der Waals surface area (Å²) < 4.78 is 0. The molecule has 0 saturated heterocycles. The van der Waals surface area contributed by atoms with Gasteiger partial charge in [0.15, 0.2) is 0 Å². The molecule has 1 aromatic rings. The van der Waals surface area contributed by atoms with Gasteiger partial charge in [-0.3, -0.25) is 0 Å². The second-order valence-electron chi connectivity index (χ2n) is 4.35. The van der Waals surface area contributed by atoms with Gasteiger partial charge < -0.3 is 5.32 Å². The first-order chi connectivity index (χ1) is 7.27. The van der Waals surface area contributed by atoms with Crippen molar-refractivity contribution in [1.82, 2.24) is 4.98 Å². The Balaban J connectivity index is 2.04. The summed E-state index contributed by atoms with van der Waals surface area (Å²) in [6, 6.07) is 4.27. The lowest BCUT2D eigenvalue weighted by Gasteiger charge is -2.30. The lowest BCUT2D eigenvalue weighted by Crippen LogP contribution is -2.30. The second kappa shape index (κ2) is 4.84. The van der Waals surface area contributed by atoms with Gasteiger partial charge in [0.05, 0.1) is 5.02 Å². The Hall–Kier alpha value is -0.760. The van der Waals surface area contributed by atoms with Crippen molar-refractivity contribution < 1.29 is 0 Å². The van der Waals surface area contributed by atoms with E-state index >= 15 is 0 Å². The molecule has 1 fully saturated rings. The highest BCUT2D eigenvalue weighted by atomic mass is 35.5. The van der Waals surface area contributed by atoms with E-state index in [1.165, 1.54) is 25.7 Å². The predicted molar refractivity (Wildman–Crippen MR) is 64.3 cm³/mol. The van der Waals surface area contributed by atoms with Gasteiger partial charge in [-0.1, -0.05) is 31.4 Å². The fraction of sp³-hybridized carbons (Fsp3) is 0.583. The third-order valence-electron chi connectivity index (χ3n) is 3.19. The third kappa shape index (κ3) is 2.63. The molecule has 82 valence electrons. The minimum absolute atomic E-state index is 0.533. The van der Waals surface area contributed by atoms with Crippen LogP contribution in [0.15, 0.2) is 18.3 Å². The predicted octanol–water partition coefficient (Wildman–Crippen LogP) is 3.73. The van der Waals surface area contributed by atoms with E-state index in [4.69, 9.17) is 11.6 Å². The topological polar surface area (TPSA) is 24.9 Å². The van der Waals surface area contributed by atoms with E-state index in [0.717, 1.165) is 16.8 Å². The van der Waals surface area contributed by atoms with Crippen LogP contribution in [0.25, 0.3) is 0 Å². The maximum atomic E-state index is 6.07. The van der Waals surface area contributed by atoms with Gasteiger partial charge in [0.1, 0.15) is 5.82 Å². The largest absolute Gasteiger partial charge is 0.366 e. The molecule has 2 unspecified atom stereocenters. The van der Waals surface area contributed by atoms with Gasteiger partial charge in [0.25, 0.3) is 0 Å². The van der Waals surface area contributed by atoms with Crippen LogP contribution in [0.2, 0.25) is 5.02 Å². The molecule has 0 bridgehead atoms. The van der Waals surface area contributed by atoms with Crippen molar-refractivity contribution >= 4 is 17.4 Å². The molecule has 1 aromatic heterocycles. The molecule has 1 saturated carbocycles. The van der Waals surface area contributed by atoms with Crippen molar-refractivity contribution in [2.24, 2.45) is 5.92 Å². The number of nitrogens with one attached hydrogen (secondary N) is 1. The summed E-state index contributed by atoms with van der Waals surface area (Å²) in [4.78, 5) is 4.26. The normalized spacial score (nSPS) is 26.3. The van der Waals surface area contributed by atoms with Crippen LogP contribution in [-0.4, -0.2) is 11.0 Å². The molecule has 0 aromatic carbocycles. The van der Waals surface area contributed by atoms with E-state index in [1.807, 2.05) is 12.1 Å². The molecule has 0 spiro atoms.